The molecule has 0 aliphatic heterocycles. The molecule has 1 aliphatic carbocycles. The summed E-state index contributed by atoms with van der Waals surface area (Å²) in [5.41, 5.74) is 1.36. The van der Waals surface area contributed by atoms with Crippen molar-refractivity contribution in [2.75, 3.05) is 12.4 Å². The Bertz CT molecular complexity index is 536. The Kier molecular flexibility index (Phi) is 4.83. The summed E-state index contributed by atoms with van der Waals surface area (Å²) in [6.45, 7) is 0. The number of urea groups is 1. The van der Waals surface area contributed by atoms with Gasteiger partial charge in [-0.3, -0.25) is 0 Å². The Morgan fingerprint density at radius 2 is 2.30 bits per heavy atom. The van der Waals surface area contributed by atoms with Gasteiger partial charge in [-0.05, 0) is 30.5 Å². The Balaban J connectivity index is 1.87. The molecule has 0 atom stereocenters. The van der Waals surface area contributed by atoms with Gasteiger partial charge in [0.05, 0.1) is 29.3 Å². The summed E-state index contributed by atoms with van der Waals surface area (Å²) in [6.07, 6.45) is 2.21. The van der Waals surface area contributed by atoms with Crippen LogP contribution in [0.4, 0.5) is 10.5 Å². The molecular weight excluding hydrogens is 278 g/mol. The van der Waals surface area contributed by atoms with Gasteiger partial charge < -0.3 is 15.4 Å². The van der Waals surface area contributed by atoms with Crippen molar-refractivity contribution in [1.29, 1.82) is 5.26 Å². The van der Waals surface area contributed by atoms with Crippen LogP contribution < -0.4 is 10.6 Å². The molecule has 2 rings (SSSR count). The SMILES string of the molecule is COC1CC(NC(=O)Nc2ccc(CC#N)cc2Cl)C1. The van der Waals surface area contributed by atoms with Crippen LogP contribution >= 0.6 is 11.6 Å². The molecule has 0 aromatic heterocycles. The highest BCUT2D eigenvalue weighted by atomic mass is 35.5. The molecule has 20 heavy (non-hydrogen) atoms. The van der Waals surface area contributed by atoms with Crippen LogP contribution in [0.5, 0.6) is 0 Å². The van der Waals surface area contributed by atoms with E-state index in [9.17, 15) is 4.79 Å². The molecule has 2 amide bonds. The molecule has 0 bridgehead atoms. The van der Waals surface area contributed by atoms with Gasteiger partial charge in [0.1, 0.15) is 0 Å². The summed E-state index contributed by atoms with van der Waals surface area (Å²) >= 11 is 6.07. The average molecular weight is 294 g/mol. The van der Waals surface area contributed by atoms with Crippen molar-refractivity contribution in [2.45, 2.75) is 31.4 Å². The topological polar surface area (TPSA) is 74.2 Å². The summed E-state index contributed by atoms with van der Waals surface area (Å²) in [7, 11) is 1.67. The molecule has 2 N–H and O–H groups in total. The number of halogens is 1. The van der Waals surface area contributed by atoms with Crippen molar-refractivity contribution >= 4 is 23.3 Å². The molecule has 1 saturated carbocycles. The minimum Gasteiger partial charge on any atom is -0.381 e. The molecule has 0 heterocycles. The number of carbonyl (C=O) groups excluding carboxylic acids is 1. The van der Waals surface area contributed by atoms with Gasteiger partial charge in [-0.15, -0.1) is 0 Å². The molecule has 1 aromatic rings. The second-order valence-electron chi connectivity index (χ2n) is 4.77. The smallest absolute Gasteiger partial charge is 0.319 e. The van der Waals surface area contributed by atoms with Crippen LogP contribution in [0, 0.1) is 11.3 Å². The zero-order valence-electron chi connectivity index (χ0n) is 11.1. The summed E-state index contributed by atoms with van der Waals surface area (Å²) in [5, 5.41) is 14.6. The maximum atomic E-state index is 11.8. The van der Waals surface area contributed by atoms with Crippen molar-refractivity contribution in [2.24, 2.45) is 0 Å². The van der Waals surface area contributed by atoms with Crippen LogP contribution in [0.1, 0.15) is 18.4 Å². The zero-order valence-corrected chi connectivity index (χ0v) is 11.9. The highest BCUT2D eigenvalue weighted by Gasteiger charge is 2.30. The maximum Gasteiger partial charge on any atom is 0.319 e. The first-order chi connectivity index (χ1) is 9.62. The number of nitrogens with zero attached hydrogens (tertiary/aromatic N) is 1. The minimum atomic E-state index is -0.278. The molecule has 0 spiro atoms. The number of nitriles is 1. The molecule has 5 nitrogen and oxygen atoms in total. The van der Waals surface area contributed by atoms with E-state index in [1.165, 1.54) is 0 Å². The van der Waals surface area contributed by atoms with Crippen molar-refractivity contribution < 1.29 is 9.53 Å². The van der Waals surface area contributed by atoms with Gasteiger partial charge in [0, 0.05) is 13.2 Å². The average Bonchev–Trinajstić information content (AvgIpc) is 2.37. The quantitative estimate of drug-likeness (QED) is 0.896. The van der Waals surface area contributed by atoms with Crippen LogP contribution in [0.15, 0.2) is 18.2 Å². The normalized spacial score (nSPS) is 20.6. The molecule has 0 unspecified atom stereocenters. The minimum absolute atomic E-state index is 0.150. The molecule has 106 valence electrons. The third kappa shape index (κ3) is 3.62. The predicted molar refractivity (Wildman–Crippen MR) is 76.7 cm³/mol. The number of ether oxygens (including phenoxy) is 1. The first-order valence-corrected chi connectivity index (χ1v) is 6.76. The van der Waals surface area contributed by atoms with Gasteiger partial charge >= 0.3 is 6.03 Å². The summed E-state index contributed by atoms with van der Waals surface area (Å²) in [5.74, 6) is 0. The first-order valence-electron chi connectivity index (χ1n) is 6.38. The predicted octanol–water partition coefficient (Wildman–Crippen LogP) is 2.70. The molecule has 1 fully saturated rings. The lowest BCUT2D eigenvalue weighted by Crippen LogP contribution is -2.48. The van der Waals surface area contributed by atoms with Gasteiger partial charge in [-0.1, -0.05) is 17.7 Å². The fraction of sp³-hybridized carbons (Fsp3) is 0.429. The Morgan fingerprint density at radius 1 is 1.55 bits per heavy atom. The lowest BCUT2D eigenvalue weighted by molar-refractivity contribution is 0.0210. The van der Waals surface area contributed by atoms with Gasteiger partial charge in [-0.2, -0.15) is 5.26 Å². The number of benzene rings is 1. The van der Waals surface area contributed by atoms with Crippen molar-refractivity contribution in [3.8, 4) is 6.07 Å². The van der Waals surface area contributed by atoms with E-state index >= 15 is 0 Å². The molecule has 6 heteroatoms. The van der Waals surface area contributed by atoms with Gasteiger partial charge in [0.15, 0.2) is 0 Å². The number of nitrogens with one attached hydrogen (secondary N) is 2. The largest absolute Gasteiger partial charge is 0.381 e. The molecule has 0 radical (unpaired) electrons. The van der Waals surface area contributed by atoms with E-state index in [0.717, 1.165) is 18.4 Å². The number of anilines is 1. The Labute approximate surface area is 122 Å². The van der Waals surface area contributed by atoms with E-state index < -0.39 is 0 Å². The number of methoxy groups -OCH3 is 1. The van der Waals surface area contributed by atoms with E-state index in [0.29, 0.717) is 17.1 Å². The summed E-state index contributed by atoms with van der Waals surface area (Å²) in [4.78, 5) is 11.8. The molecule has 1 aromatic carbocycles. The van der Waals surface area contributed by atoms with E-state index in [2.05, 4.69) is 16.7 Å². The standard InChI is InChI=1S/C14H16ClN3O2/c1-20-11-7-10(8-11)17-14(19)18-13-3-2-9(4-5-16)6-12(13)15/h2-3,6,10-11H,4,7-8H2,1H3,(H2,17,18,19). The zero-order chi connectivity index (χ0) is 14.5. The van der Waals surface area contributed by atoms with Crippen LogP contribution in [0.3, 0.4) is 0 Å². The molecule has 0 saturated heterocycles. The molecular formula is C14H16ClN3O2. The van der Waals surface area contributed by atoms with Gasteiger partial charge in [0.2, 0.25) is 0 Å². The summed E-state index contributed by atoms with van der Waals surface area (Å²) < 4.78 is 5.15. The maximum absolute atomic E-state index is 11.8. The number of amides is 2. The third-order valence-electron chi connectivity index (χ3n) is 3.33. The van der Waals surface area contributed by atoms with Gasteiger partial charge in [-0.25, -0.2) is 4.79 Å². The van der Waals surface area contributed by atoms with Crippen LogP contribution in [-0.4, -0.2) is 25.3 Å². The highest BCUT2D eigenvalue weighted by Crippen LogP contribution is 2.25. The van der Waals surface area contributed by atoms with E-state index in [-0.39, 0.29) is 18.2 Å². The first kappa shape index (κ1) is 14.6. The molecule has 1 aliphatic rings. The second kappa shape index (κ2) is 6.60. The second-order valence-corrected chi connectivity index (χ2v) is 5.18. The summed E-state index contributed by atoms with van der Waals surface area (Å²) in [6, 6.07) is 7.08. The number of hydrogen-bond acceptors (Lipinski definition) is 3. The fourth-order valence-corrected chi connectivity index (χ4v) is 2.33. The van der Waals surface area contributed by atoms with Crippen molar-refractivity contribution in [3.63, 3.8) is 0 Å². The van der Waals surface area contributed by atoms with Crippen LogP contribution in [-0.2, 0) is 11.2 Å². The number of carbonyl (C=O) groups is 1. The van der Waals surface area contributed by atoms with Crippen LogP contribution in [0.2, 0.25) is 5.02 Å². The van der Waals surface area contributed by atoms with Crippen molar-refractivity contribution in [3.05, 3.63) is 28.8 Å². The lowest BCUT2D eigenvalue weighted by Gasteiger charge is -2.34. The van der Waals surface area contributed by atoms with Crippen molar-refractivity contribution in [1.82, 2.24) is 5.32 Å². The highest BCUT2D eigenvalue weighted by molar-refractivity contribution is 6.33. The fourth-order valence-electron chi connectivity index (χ4n) is 2.08. The van der Waals surface area contributed by atoms with E-state index in [4.69, 9.17) is 21.6 Å². The lowest BCUT2D eigenvalue weighted by atomic mass is 9.89. The van der Waals surface area contributed by atoms with E-state index in [1.807, 2.05) is 0 Å². The monoisotopic (exact) mass is 293 g/mol. The third-order valence-corrected chi connectivity index (χ3v) is 3.64. The Hall–Kier alpha value is -1.77. The number of hydrogen-bond donors (Lipinski definition) is 2. The van der Waals surface area contributed by atoms with E-state index in [1.54, 1.807) is 25.3 Å². The Morgan fingerprint density at radius 3 is 2.90 bits per heavy atom. The van der Waals surface area contributed by atoms with Gasteiger partial charge in [0.25, 0.3) is 0 Å². The number of rotatable bonds is 4. The van der Waals surface area contributed by atoms with Crippen LogP contribution in [0.25, 0.3) is 0 Å².